The summed E-state index contributed by atoms with van der Waals surface area (Å²) in [7, 11) is 0. The van der Waals surface area contributed by atoms with Crippen molar-refractivity contribution in [1.82, 2.24) is 15.5 Å². The lowest BCUT2D eigenvalue weighted by atomic mass is 10.0. The molecule has 0 saturated carbocycles. The van der Waals surface area contributed by atoms with E-state index in [9.17, 15) is 19.2 Å². The highest BCUT2D eigenvalue weighted by Crippen LogP contribution is 2.28. The number of carbonyl (C=O) groups excluding carboxylic acids is 4. The van der Waals surface area contributed by atoms with Crippen molar-refractivity contribution < 1.29 is 19.2 Å². The highest BCUT2D eigenvalue weighted by atomic mass is 16.2. The molecule has 8 heteroatoms. The second kappa shape index (κ2) is 8.11. The maximum Gasteiger partial charge on any atom is 0.255 e. The van der Waals surface area contributed by atoms with Gasteiger partial charge in [-0.3, -0.25) is 24.5 Å². The molecule has 0 spiro atoms. The van der Waals surface area contributed by atoms with Crippen LogP contribution in [0.25, 0.3) is 0 Å². The number of benzene rings is 2. The summed E-state index contributed by atoms with van der Waals surface area (Å²) in [5.41, 5.74) is 5.06. The fourth-order valence-corrected chi connectivity index (χ4v) is 4.62. The Morgan fingerprint density at radius 2 is 1.94 bits per heavy atom. The van der Waals surface area contributed by atoms with Gasteiger partial charge in [0, 0.05) is 42.9 Å². The first-order valence-electron chi connectivity index (χ1n) is 10.9. The molecule has 1 fully saturated rings. The summed E-state index contributed by atoms with van der Waals surface area (Å²) in [6.45, 7) is 1.69. The van der Waals surface area contributed by atoms with Gasteiger partial charge in [0.1, 0.15) is 6.04 Å². The highest BCUT2D eigenvalue weighted by molar-refractivity contribution is 6.06. The number of amides is 4. The lowest BCUT2D eigenvalue weighted by molar-refractivity contribution is -0.136. The van der Waals surface area contributed by atoms with Crippen LogP contribution in [0, 0.1) is 0 Å². The van der Waals surface area contributed by atoms with Crippen molar-refractivity contribution in [2.24, 2.45) is 0 Å². The van der Waals surface area contributed by atoms with E-state index in [2.05, 4.69) is 22.0 Å². The van der Waals surface area contributed by atoms with Crippen molar-refractivity contribution >= 4 is 29.3 Å². The molecule has 164 valence electrons. The van der Waals surface area contributed by atoms with Crippen molar-refractivity contribution in [3.63, 3.8) is 0 Å². The van der Waals surface area contributed by atoms with Gasteiger partial charge in [-0.15, -0.1) is 0 Å². The lowest BCUT2D eigenvalue weighted by Crippen LogP contribution is -2.52. The normalized spacial score (nSPS) is 19.7. The molecule has 32 heavy (non-hydrogen) atoms. The Balaban J connectivity index is 1.26. The molecule has 2 aromatic carbocycles. The Morgan fingerprint density at radius 3 is 2.78 bits per heavy atom. The predicted octanol–water partition coefficient (Wildman–Crippen LogP) is 1.74. The van der Waals surface area contributed by atoms with E-state index >= 15 is 0 Å². The molecule has 0 aromatic heterocycles. The molecular weight excluding hydrogens is 408 g/mol. The number of nitrogens with one attached hydrogen (secondary N) is 3. The number of anilines is 1. The van der Waals surface area contributed by atoms with Crippen LogP contribution in [0.3, 0.4) is 0 Å². The van der Waals surface area contributed by atoms with Gasteiger partial charge >= 0.3 is 0 Å². The smallest absolute Gasteiger partial charge is 0.255 e. The van der Waals surface area contributed by atoms with Gasteiger partial charge in [0.2, 0.25) is 11.8 Å². The molecule has 0 bridgehead atoms. The zero-order chi connectivity index (χ0) is 22.2. The second-order valence-corrected chi connectivity index (χ2v) is 8.48. The van der Waals surface area contributed by atoms with Gasteiger partial charge in [-0.2, -0.15) is 0 Å². The number of rotatable bonds is 4. The van der Waals surface area contributed by atoms with Crippen molar-refractivity contribution in [2.75, 3.05) is 11.9 Å². The average molecular weight is 432 g/mol. The SMILES string of the molecule is O=C1CCC(N2Cc3ccc(C(=O)NCc4ccc5c(c4)CCCN5)cc3C2=O)C(=O)N1. The zero-order valence-electron chi connectivity index (χ0n) is 17.6. The molecule has 0 radical (unpaired) electrons. The van der Waals surface area contributed by atoms with Crippen LogP contribution in [0.4, 0.5) is 5.69 Å². The van der Waals surface area contributed by atoms with Crippen LogP contribution in [0.2, 0.25) is 0 Å². The summed E-state index contributed by atoms with van der Waals surface area (Å²) in [6.07, 6.45) is 2.65. The number of carbonyl (C=O) groups is 4. The van der Waals surface area contributed by atoms with E-state index in [1.54, 1.807) is 18.2 Å². The molecule has 0 aliphatic carbocycles. The Labute approximate surface area is 185 Å². The molecule has 3 aliphatic heterocycles. The molecule has 1 unspecified atom stereocenters. The highest BCUT2D eigenvalue weighted by Gasteiger charge is 2.39. The lowest BCUT2D eigenvalue weighted by Gasteiger charge is -2.29. The van der Waals surface area contributed by atoms with Gasteiger partial charge in [0.05, 0.1) is 0 Å². The van der Waals surface area contributed by atoms with Gasteiger partial charge < -0.3 is 15.5 Å². The molecule has 4 amide bonds. The van der Waals surface area contributed by atoms with E-state index in [1.807, 2.05) is 12.1 Å². The summed E-state index contributed by atoms with van der Waals surface area (Å²) in [6, 6.07) is 10.6. The largest absolute Gasteiger partial charge is 0.385 e. The first kappa shape index (κ1) is 20.2. The Morgan fingerprint density at radius 1 is 1.06 bits per heavy atom. The molecule has 5 rings (SSSR count). The number of hydrogen-bond acceptors (Lipinski definition) is 5. The van der Waals surface area contributed by atoms with Crippen molar-refractivity contribution in [1.29, 1.82) is 0 Å². The molecule has 2 aromatic rings. The minimum atomic E-state index is -0.664. The van der Waals surface area contributed by atoms with Crippen LogP contribution < -0.4 is 16.0 Å². The molecule has 3 aliphatic rings. The van der Waals surface area contributed by atoms with Crippen molar-refractivity contribution in [3.8, 4) is 0 Å². The third kappa shape index (κ3) is 3.72. The first-order chi connectivity index (χ1) is 15.5. The number of aryl methyl sites for hydroxylation is 1. The monoisotopic (exact) mass is 432 g/mol. The quantitative estimate of drug-likeness (QED) is 0.638. The maximum atomic E-state index is 12.9. The number of nitrogens with zero attached hydrogens (tertiary/aromatic N) is 1. The summed E-state index contributed by atoms with van der Waals surface area (Å²) >= 11 is 0. The molecule has 1 saturated heterocycles. The maximum absolute atomic E-state index is 12.9. The second-order valence-electron chi connectivity index (χ2n) is 8.48. The fourth-order valence-electron chi connectivity index (χ4n) is 4.62. The van der Waals surface area contributed by atoms with Gasteiger partial charge in [-0.05, 0) is 54.2 Å². The standard InChI is InChI=1S/C24H24N4O4/c29-21-8-7-20(23(31)27-21)28-13-17-5-4-16(11-18(17)24(28)32)22(30)26-12-14-3-6-19-15(10-14)2-1-9-25-19/h3-6,10-11,20,25H,1-2,7-9,12-13H2,(H,26,30)(H,27,29,31). The van der Waals surface area contributed by atoms with Crippen LogP contribution in [-0.2, 0) is 29.1 Å². The van der Waals surface area contributed by atoms with E-state index in [-0.39, 0.29) is 24.1 Å². The molecule has 8 nitrogen and oxygen atoms in total. The molecule has 3 heterocycles. The molecule has 3 N–H and O–H groups in total. The Bertz CT molecular complexity index is 1140. The van der Waals surface area contributed by atoms with Crippen LogP contribution in [0.15, 0.2) is 36.4 Å². The van der Waals surface area contributed by atoms with E-state index < -0.39 is 11.9 Å². The third-order valence-electron chi connectivity index (χ3n) is 6.35. The van der Waals surface area contributed by atoms with Gasteiger partial charge in [-0.25, -0.2) is 0 Å². The van der Waals surface area contributed by atoms with E-state index in [0.29, 0.717) is 30.6 Å². The molecular formula is C24H24N4O4. The summed E-state index contributed by atoms with van der Waals surface area (Å²) in [5.74, 6) is -1.30. The van der Waals surface area contributed by atoms with Gasteiger partial charge in [0.15, 0.2) is 0 Å². The van der Waals surface area contributed by atoms with Crippen LogP contribution in [0.1, 0.15) is 56.7 Å². The van der Waals surface area contributed by atoms with Gasteiger partial charge in [0.25, 0.3) is 11.8 Å². The van der Waals surface area contributed by atoms with Crippen molar-refractivity contribution in [3.05, 3.63) is 64.2 Å². The minimum absolute atomic E-state index is 0.211. The number of hydrogen-bond donors (Lipinski definition) is 3. The average Bonchev–Trinajstić information content (AvgIpc) is 3.13. The van der Waals surface area contributed by atoms with Gasteiger partial charge in [-0.1, -0.05) is 18.2 Å². The number of fused-ring (bicyclic) bond motifs is 2. The zero-order valence-corrected chi connectivity index (χ0v) is 17.6. The van der Waals surface area contributed by atoms with Crippen LogP contribution >= 0.6 is 0 Å². The number of imide groups is 1. The van der Waals surface area contributed by atoms with Crippen molar-refractivity contribution in [2.45, 2.75) is 44.8 Å². The van der Waals surface area contributed by atoms with Crippen LogP contribution in [-0.4, -0.2) is 41.1 Å². The topological polar surface area (TPSA) is 108 Å². The van der Waals surface area contributed by atoms with E-state index in [0.717, 1.165) is 36.2 Å². The van der Waals surface area contributed by atoms with E-state index in [1.165, 1.54) is 10.5 Å². The van der Waals surface area contributed by atoms with E-state index in [4.69, 9.17) is 0 Å². The number of piperidine rings is 1. The first-order valence-corrected chi connectivity index (χ1v) is 10.9. The van der Waals surface area contributed by atoms with Crippen LogP contribution in [0.5, 0.6) is 0 Å². The summed E-state index contributed by atoms with van der Waals surface area (Å²) in [4.78, 5) is 50.7. The Kier molecular flexibility index (Phi) is 5.13. The third-order valence-corrected chi connectivity index (χ3v) is 6.35. The molecule has 1 atom stereocenters. The summed E-state index contributed by atoms with van der Waals surface area (Å²) < 4.78 is 0. The Hall–Kier alpha value is -3.68. The summed E-state index contributed by atoms with van der Waals surface area (Å²) in [5, 5.41) is 8.60. The minimum Gasteiger partial charge on any atom is -0.385 e. The fraction of sp³-hybridized carbons (Fsp3) is 0.333. The predicted molar refractivity (Wildman–Crippen MR) is 117 cm³/mol.